The van der Waals surface area contributed by atoms with Crippen molar-refractivity contribution in [2.45, 2.75) is 24.8 Å². The number of imidazole rings is 1. The van der Waals surface area contributed by atoms with Crippen molar-refractivity contribution in [2.24, 2.45) is 7.05 Å². The zero-order valence-electron chi connectivity index (χ0n) is 17.6. The smallest absolute Gasteiger partial charge is 0.262 e. The molecule has 0 bridgehead atoms. The van der Waals surface area contributed by atoms with E-state index in [4.69, 9.17) is 9.72 Å². The van der Waals surface area contributed by atoms with Crippen LogP contribution in [0.1, 0.15) is 17.1 Å². The number of hydrogen-bond donors (Lipinski definition) is 1. The first-order valence-corrected chi connectivity index (χ1v) is 10.8. The van der Waals surface area contributed by atoms with E-state index >= 15 is 0 Å². The van der Waals surface area contributed by atoms with Gasteiger partial charge in [0.2, 0.25) is 0 Å². The summed E-state index contributed by atoms with van der Waals surface area (Å²) in [5, 5.41) is 3.61. The minimum Gasteiger partial charge on any atom is -0.483 e. The van der Waals surface area contributed by atoms with E-state index in [-0.39, 0.29) is 12.5 Å². The molecule has 0 aliphatic carbocycles. The van der Waals surface area contributed by atoms with E-state index in [1.807, 2.05) is 74.0 Å². The maximum absolute atomic E-state index is 12.3. The van der Waals surface area contributed by atoms with E-state index in [2.05, 4.69) is 15.3 Å². The monoisotopic (exact) mass is 433 g/mol. The fraction of sp³-hybridized carbons (Fsp3) is 0.217. The van der Waals surface area contributed by atoms with Crippen LogP contribution in [0.4, 0.5) is 5.69 Å². The van der Waals surface area contributed by atoms with E-state index < -0.39 is 0 Å². The second-order valence-corrected chi connectivity index (χ2v) is 8.10. The number of aryl methyl sites for hydroxylation is 3. The maximum Gasteiger partial charge on any atom is 0.262 e. The molecule has 0 spiro atoms. The lowest BCUT2D eigenvalue weighted by Gasteiger charge is -2.09. The van der Waals surface area contributed by atoms with Crippen LogP contribution in [0.25, 0.3) is 11.0 Å². The summed E-state index contributed by atoms with van der Waals surface area (Å²) < 4.78 is 7.66. The van der Waals surface area contributed by atoms with Crippen LogP contribution in [0, 0.1) is 13.8 Å². The van der Waals surface area contributed by atoms with Gasteiger partial charge in [-0.2, -0.15) is 0 Å². The molecule has 0 aliphatic rings. The number of nitrogens with zero attached hydrogens (tertiary/aromatic N) is 4. The van der Waals surface area contributed by atoms with Crippen LogP contribution < -0.4 is 10.1 Å². The van der Waals surface area contributed by atoms with E-state index in [1.165, 1.54) is 0 Å². The number of carbonyl (C=O) groups is 1. The molecule has 2 aromatic heterocycles. The summed E-state index contributed by atoms with van der Waals surface area (Å²) in [5.41, 5.74) is 4.43. The standard InChI is InChI=1S/C23H23N5O2S/c1-15-6-4-5-7-20(15)30-13-22(29)26-17-8-9-19-18(12-17)27-21(28(19)3)14-31-23-24-11-10-16(2)25-23/h4-12H,13-14H2,1-3H3,(H,26,29). The quantitative estimate of drug-likeness (QED) is 0.346. The van der Waals surface area contributed by atoms with Crippen molar-refractivity contribution in [3.05, 3.63) is 71.8 Å². The lowest BCUT2D eigenvalue weighted by Crippen LogP contribution is -2.20. The second kappa shape index (κ2) is 9.18. The van der Waals surface area contributed by atoms with Gasteiger partial charge in [-0.3, -0.25) is 4.79 Å². The third-order valence-corrected chi connectivity index (χ3v) is 5.67. The molecule has 7 nitrogen and oxygen atoms in total. The van der Waals surface area contributed by atoms with Gasteiger partial charge in [-0.05, 0) is 49.7 Å². The molecule has 4 rings (SSSR count). The molecule has 1 N–H and O–H groups in total. The maximum atomic E-state index is 12.3. The predicted molar refractivity (Wildman–Crippen MR) is 122 cm³/mol. The third kappa shape index (κ3) is 5.03. The molecule has 0 aliphatic heterocycles. The van der Waals surface area contributed by atoms with E-state index in [9.17, 15) is 4.79 Å². The average Bonchev–Trinajstić information content (AvgIpc) is 3.06. The Morgan fingerprint density at radius 3 is 2.77 bits per heavy atom. The number of amides is 1. The number of anilines is 1. The van der Waals surface area contributed by atoms with Crippen LogP contribution >= 0.6 is 11.8 Å². The van der Waals surface area contributed by atoms with E-state index in [0.717, 1.165) is 33.3 Å². The molecule has 0 atom stereocenters. The summed E-state index contributed by atoms with van der Waals surface area (Å²) >= 11 is 1.55. The Kier molecular flexibility index (Phi) is 6.18. The van der Waals surface area contributed by atoms with Gasteiger partial charge >= 0.3 is 0 Å². The highest BCUT2D eigenvalue weighted by molar-refractivity contribution is 7.98. The van der Waals surface area contributed by atoms with Gasteiger partial charge in [0.25, 0.3) is 5.91 Å². The molecule has 0 saturated carbocycles. The highest BCUT2D eigenvalue weighted by atomic mass is 32.2. The highest BCUT2D eigenvalue weighted by Crippen LogP contribution is 2.24. The highest BCUT2D eigenvalue weighted by Gasteiger charge is 2.11. The molecular formula is C23H23N5O2S. The molecular weight excluding hydrogens is 410 g/mol. The lowest BCUT2D eigenvalue weighted by molar-refractivity contribution is -0.118. The van der Waals surface area contributed by atoms with Crippen LogP contribution in [0.2, 0.25) is 0 Å². The van der Waals surface area contributed by atoms with Crippen molar-refractivity contribution in [3.63, 3.8) is 0 Å². The Balaban J connectivity index is 1.41. The Labute approximate surface area is 184 Å². The summed E-state index contributed by atoms with van der Waals surface area (Å²) in [6.45, 7) is 3.84. The Morgan fingerprint density at radius 1 is 1.13 bits per heavy atom. The molecule has 1 amide bonds. The molecule has 2 aromatic carbocycles. The average molecular weight is 434 g/mol. The summed E-state index contributed by atoms with van der Waals surface area (Å²) in [6.07, 6.45) is 1.76. The zero-order valence-corrected chi connectivity index (χ0v) is 18.4. The van der Waals surface area contributed by atoms with Crippen LogP contribution in [-0.2, 0) is 17.6 Å². The molecule has 2 heterocycles. The first-order chi connectivity index (χ1) is 15.0. The lowest BCUT2D eigenvalue weighted by atomic mass is 10.2. The minimum atomic E-state index is -0.217. The van der Waals surface area contributed by atoms with E-state index in [0.29, 0.717) is 17.2 Å². The second-order valence-electron chi connectivity index (χ2n) is 7.16. The largest absolute Gasteiger partial charge is 0.483 e. The summed E-state index contributed by atoms with van der Waals surface area (Å²) in [5.74, 6) is 2.06. The van der Waals surface area contributed by atoms with Crippen molar-refractivity contribution < 1.29 is 9.53 Å². The third-order valence-electron chi connectivity index (χ3n) is 4.81. The van der Waals surface area contributed by atoms with Crippen LogP contribution in [-0.4, -0.2) is 32.0 Å². The molecule has 8 heteroatoms. The number of ether oxygens (including phenoxy) is 1. The van der Waals surface area contributed by atoms with Crippen molar-refractivity contribution in [2.75, 3.05) is 11.9 Å². The van der Waals surface area contributed by atoms with Crippen LogP contribution in [0.3, 0.4) is 0 Å². The minimum absolute atomic E-state index is 0.0521. The summed E-state index contributed by atoms with van der Waals surface area (Å²) in [6, 6.07) is 15.2. The molecule has 158 valence electrons. The van der Waals surface area contributed by atoms with Crippen molar-refractivity contribution >= 4 is 34.4 Å². The van der Waals surface area contributed by atoms with Crippen molar-refractivity contribution in [1.82, 2.24) is 19.5 Å². The van der Waals surface area contributed by atoms with Gasteiger partial charge in [0.1, 0.15) is 11.6 Å². The molecule has 0 radical (unpaired) electrons. The number of nitrogens with one attached hydrogen (secondary N) is 1. The fourth-order valence-corrected chi connectivity index (χ4v) is 4.00. The Bertz CT molecular complexity index is 1240. The zero-order chi connectivity index (χ0) is 21.8. The SMILES string of the molecule is Cc1ccnc(SCc2nc3cc(NC(=O)COc4ccccc4C)ccc3n2C)n1. The van der Waals surface area contributed by atoms with Crippen LogP contribution in [0.15, 0.2) is 59.9 Å². The summed E-state index contributed by atoms with van der Waals surface area (Å²) in [4.78, 5) is 25.7. The molecule has 4 aromatic rings. The van der Waals surface area contributed by atoms with Gasteiger partial charge in [0, 0.05) is 24.6 Å². The van der Waals surface area contributed by atoms with Crippen molar-refractivity contribution in [3.8, 4) is 5.75 Å². The molecule has 31 heavy (non-hydrogen) atoms. The van der Waals surface area contributed by atoms with Gasteiger partial charge in [0.15, 0.2) is 11.8 Å². The molecule has 0 saturated heterocycles. The number of thioether (sulfide) groups is 1. The van der Waals surface area contributed by atoms with Crippen molar-refractivity contribution in [1.29, 1.82) is 0 Å². The first-order valence-electron chi connectivity index (χ1n) is 9.85. The van der Waals surface area contributed by atoms with Gasteiger partial charge < -0.3 is 14.6 Å². The van der Waals surface area contributed by atoms with Gasteiger partial charge in [-0.25, -0.2) is 15.0 Å². The topological polar surface area (TPSA) is 81.9 Å². The summed E-state index contributed by atoms with van der Waals surface area (Å²) in [7, 11) is 1.98. The number of rotatable bonds is 7. The van der Waals surface area contributed by atoms with Gasteiger partial charge in [0.05, 0.1) is 16.8 Å². The number of fused-ring (bicyclic) bond motifs is 1. The number of aromatic nitrogens is 4. The Morgan fingerprint density at radius 2 is 1.97 bits per heavy atom. The number of benzene rings is 2. The van der Waals surface area contributed by atoms with Crippen LogP contribution in [0.5, 0.6) is 5.75 Å². The van der Waals surface area contributed by atoms with Gasteiger partial charge in [-0.1, -0.05) is 30.0 Å². The molecule has 0 fully saturated rings. The van der Waals surface area contributed by atoms with E-state index in [1.54, 1.807) is 18.0 Å². The normalized spacial score (nSPS) is 10.9. The fourth-order valence-electron chi connectivity index (χ4n) is 3.14. The first kappa shape index (κ1) is 20.9. The molecule has 0 unspecified atom stereocenters. The number of carbonyl (C=O) groups excluding carboxylic acids is 1. The van der Waals surface area contributed by atoms with Gasteiger partial charge in [-0.15, -0.1) is 0 Å². The number of hydrogen-bond acceptors (Lipinski definition) is 6. The Hall–Kier alpha value is -3.39. The number of para-hydroxylation sites is 1. The predicted octanol–water partition coefficient (Wildman–Crippen LogP) is 4.29.